The molecule has 2 saturated heterocycles. The van der Waals surface area contributed by atoms with Crippen molar-refractivity contribution in [2.75, 3.05) is 38.2 Å². The molecule has 5 heteroatoms. The number of piperidine rings is 1. The summed E-state index contributed by atoms with van der Waals surface area (Å²) >= 11 is 0. The van der Waals surface area contributed by atoms with E-state index in [0.29, 0.717) is 19.8 Å². The lowest BCUT2D eigenvalue weighted by Gasteiger charge is -2.34. The molecule has 1 amide bonds. The van der Waals surface area contributed by atoms with Crippen molar-refractivity contribution in [3.8, 4) is 0 Å². The second-order valence-corrected chi connectivity index (χ2v) is 6.46. The molecular formula is C17H25N2O3+. The van der Waals surface area contributed by atoms with Crippen LogP contribution in [0.4, 0.5) is 5.69 Å². The molecule has 1 aromatic carbocycles. The van der Waals surface area contributed by atoms with Gasteiger partial charge in [0.25, 0.3) is 5.91 Å². The van der Waals surface area contributed by atoms with Gasteiger partial charge in [-0.1, -0.05) is 6.07 Å². The van der Waals surface area contributed by atoms with Crippen LogP contribution in [0.5, 0.6) is 0 Å². The van der Waals surface area contributed by atoms with Crippen LogP contribution < -0.4 is 10.2 Å². The van der Waals surface area contributed by atoms with E-state index < -0.39 is 0 Å². The highest BCUT2D eigenvalue weighted by molar-refractivity contribution is 5.91. The van der Waals surface area contributed by atoms with Crippen molar-refractivity contribution in [2.45, 2.75) is 32.5 Å². The highest BCUT2D eigenvalue weighted by Crippen LogP contribution is 2.27. The zero-order chi connectivity index (χ0) is 15.6. The van der Waals surface area contributed by atoms with E-state index in [2.05, 4.69) is 11.4 Å². The summed E-state index contributed by atoms with van der Waals surface area (Å²) in [6, 6.07) is 6.11. The Morgan fingerprint density at radius 1 is 1.14 bits per heavy atom. The third kappa shape index (κ3) is 3.66. The molecule has 120 valence electrons. The molecule has 3 rings (SSSR count). The SMILES string of the molecule is Cc1cc(C)cc(NC(=O)C[NH+]2CCC3(CC2)OCCO3)c1. The maximum Gasteiger partial charge on any atom is 0.279 e. The first-order valence-electron chi connectivity index (χ1n) is 8.04. The summed E-state index contributed by atoms with van der Waals surface area (Å²) in [5, 5.41) is 3.01. The summed E-state index contributed by atoms with van der Waals surface area (Å²) in [7, 11) is 0. The van der Waals surface area contributed by atoms with Gasteiger partial charge in [-0.15, -0.1) is 0 Å². The molecular weight excluding hydrogens is 280 g/mol. The van der Waals surface area contributed by atoms with Crippen LogP contribution in [-0.2, 0) is 14.3 Å². The van der Waals surface area contributed by atoms with Gasteiger partial charge in [-0.25, -0.2) is 0 Å². The van der Waals surface area contributed by atoms with Gasteiger partial charge in [0.05, 0.1) is 39.1 Å². The van der Waals surface area contributed by atoms with Crippen LogP contribution in [0.1, 0.15) is 24.0 Å². The average Bonchev–Trinajstić information content (AvgIpc) is 2.89. The van der Waals surface area contributed by atoms with E-state index in [4.69, 9.17) is 9.47 Å². The first-order chi connectivity index (χ1) is 10.5. The Labute approximate surface area is 131 Å². The Balaban J connectivity index is 1.50. The third-order valence-corrected chi connectivity index (χ3v) is 4.45. The normalized spacial score (nSPS) is 21.2. The first kappa shape index (κ1) is 15.5. The van der Waals surface area contributed by atoms with Crippen LogP contribution in [0.2, 0.25) is 0 Å². The first-order valence-corrected chi connectivity index (χ1v) is 8.04. The average molecular weight is 305 g/mol. The van der Waals surface area contributed by atoms with Gasteiger partial charge in [-0.3, -0.25) is 4.79 Å². The lowest BCUT2D eigenvalue weighted by molar-refractivity contribution is -0.900. The number of hydrogen-bond donors (Lipinski definition) is 2. The second-order valence-electron chi connectivity index (χ2n) is 6.46. The molecule has 2 heterocycles. The molecule has 0 unspecified atom stereocenters. The predicted molar refractivity (Wildman–Crippen MR) is 84.0 cm³/mol. The lowest BCUT2D eigenvalue weighted by Crippen LogP contribution is -3.14. The smallest absolute Gasteiger partial charge is 0.279 e. The fourth-order valence-corrected chi connectivity index (χ4v) is 3.43. The van der Waals surface area contributed by atoms with Crippen molar-refractivity contribution in [1.29, 1.82) is 0 Å². The minimum Gasteiger partial charge on any atom is -0.347 e. The zero-order valence-electron chi connectivity index (χ0n) is 13.4. The lowest BCUT2D eigenvalue weighted by atomic mass is 10.0. The van der Waals surface area contributed by atoms with Crippen LogP contribution in [-0.4, -0.2) is 44.5 Å². The number of ether oxygens (including phenoxy) is 2. The summed E-state index contributed by atoms with van der Waals surface area (Å²) in [5.41, 5.74) is 3.22. The van der Waals surface area contributed by atoms with E-state index in [1.54, 1.807) is 0 Å². The minimum absolute atomic E-state index is 0.0733. The third-order valence-electron chi connectivity index (χ3n) is 4.45. The predicted octanol–water partition coefficient (Wildman–Crippen LogP) is 0.664. The van der Waals surface area contributed by atoms with Crippen LogP contribution in [0.3, 0.4) is 0 Å². The van der Waals surface area contributed by atoms with Gasteiger partial charge >= 0.3 is 0 Å². The van der Waals surface area contributed by atoms with Crippen molar-refractivity contribution < 1.29 is 19.2 Å². The molecule has 2 N–H and O–H groups in total. The molecule has 0 radical (unpaired) electrons. The van der Waals surface area contributed by atoms with Crippen molar-refractivity contribution in [3.63, 3.8) is 0 Å². The van der Waals surface area contributed by atoms with Gasteiger partial charge < -0.3 is 19.7 Å². The molecule has 0 aromatic heterocycles. The molecule has 22 heavy (non-hydrogen) atoms. The summed E-state index contributed by atoms with van der Waals surface area (Å²) in [6.07, 6.45) is 1.75. The topological polar surface area (TPSA) is 52.0 Å². The molecule has 1 aromatic rings. The summed E-state index contributed by atoms with van der Waals surface area (Å²) in [5.74, 6) is -0.280. The van der Waals surface area contributed by atoms with Gasteiger partial charge in [-0.2, -0.15) is 0 Å². The van der Waals surface area contributed by atoms with Gasteiger partial charge in [0, 0.05) is 5.69 Å². The number of aryl methyl sites for hydroxylation is 2. The van der Waals surface area contributed by atoms with Gasteiger partial charge in [0.15, 0.2) is 12.3 Å². The number of amides is 1. The number of rotatable bonds is 3. The Kier molecular flexibility index (Phi) is 4.47. The minimum atomic E-state index is -0.354. The fraction of sp³-hybridized carbons (Fsp3) is 0.588. The van der Waals surface area contributed by atoms with E-state index in [0.717, 1.165) is 42.7 Å². The summed E-state index contributed by atoms with van der Waals surface area (Å²) in [4.78, 5) is 13.5. The quantitative estimate of drug-likeness (QED) is 0.863. The molecule has 5 nitrogen and oxygen atoms in total. The molecule has 0 bridgehead atoms. The van der Waals surface area contributed by atoms with Crippen molar-refractivity contribution >= 4 is 11.6 Å². The number of quaternary nitrogens is 1. The summed E-state index contributed by atoms with van der Waals surface area (Å²) in [6.45, 7) is 7.81. The monoisotopic (exact) mass is 305 g/mol. The van der Waals surface area contributed by atoms with E-state index in [-0.39, 0.29) is 11.7 Å². The molecule has 0 atom stereocenters. The Bertz CT molecular complexity index is 523. The maximum atomic E-state index is 12.2. The van der Waals surface area contributed by atoms with Gasteiger partial charge in [0.2, 0.25) is 0 Å². The van der Waals surface area contributed by atoms with E-state index in [1.807, 2.05) is 26.0 Å². The number of benzene rings is 1. The van der Waals surface area contributed by atoms with Crippen LogP contribution in [0.15, 0.2) is 18.2 Å². The van der Waals surface area contributed by atoms with E-state index in [1.165, 1.54) is 4.90 Å². The highest BCUT2D eigenvalue weighted by atomic mass is 16.7. The number of carbonyl (C=O) groups excluding carboxylic acids is 1. The number of hydrogen-bond acceptors (Lipinski definition) is 3. The number of nitrogens with one attached hydrogen (secondary N) is 2. The van der Waals surface area contributed by atoms with Crippen molar-refractivity contribution in [1.82, 2.24) is 0 Å². The maximum absolute atomic E-state index is 12.2. The number of likely N-dealkylation sites (tertiary alicyclic amines) is 1. The van der Waals surface area contributed by atoms with Crippen molar-refractivity contribution in [3.05, 3.63) is 29.3 Å². The molecule has 2 aliphatic rings. The largest absolute Gasteiger partial charge is 0.347 e. The Morgan fingerprint density at radius 3 is 2.32 bits per heavy atom. The standard InChI is InChI=1S/C17H24N2O3/c1-13-9-14(2)11-15(10-13)18-16(20)12-19-5-3-17(4-6-19)21-7-8-22-17/h9-11H,3-8,12H2,1-2H3,(H,18,20)/p+1. The van der Waals surface area contributed by atoms with Gasteiger partial charge in [-0.05, 0) is 37.1 Å². The summed E-state index contributed by atoms with van der Waals surface area (Å²) < 4.78 is 11.4. The fourth-order valence-electron chi connectivity index (χ4n) is 3.43. The van der Waals surface area contributed by atoms with Crippen LogP contribution >= 0.6 is 0 Å². The molecule has 2 fully saturated rings. The molecule has 0 aliphatic carbocycles. The van der Waals surface area contributed by atoms with Crippen LogP contribution in [0, 0.1) is 13.8 Å². The van der Waals surface area contributed by atoms with Crippen molar-refractivity contribution in [2.24, 2.45) is 0 Å². The van der Waals surface area contributed by atoms with Gasteiger partial charge in [0.1, 0.15) is 0 Å². The molecule has 0 saturated carbocycles. The molecule has 2 aliphatic heterocycles. The van der Waals surface area contributed by atoms with E-state index >= 15 is 0 Å². The Hall–Kier alpha value is -1.43. The number of carbonyl (C=O) groups is 1. The van der Waals surface area contributed by atoms with Crippen LogP contribution in [0.25, 0.3) is 0 Å². The second kappa shape index (κ2) is 6.36. The highest BCUT2D eigenvalue weighted by Gasteiger charge is 2.41. The van der Waals surface area contributed by atoms with E-state index in [9.17, 15) is 4.79 Å². The zero-order valence-corrected chi connectivity index (χ0v) is 13.4. The molecule has 1 spiro atoms. The Morgan fingerprint density at radius 2 is 1.73 bits per heavy atom. The number of anilines is 1.